The molecule has 0 unspecified atom stereocenters. The van der Waals surface area contributed by atoms with E-state index >= 15 is 0 Å². The lowest BCUT2D eigenvalue weighted by atomic mass is 10.1. The lowest BCUT2D eigenvalue weighted by Crippen LogP contribution is -2.22. The van der Waals surface area contributed by atoms with E-state index in [4.69, 9.17) is 4.74 Å². The molecular formula is C20H26N2O4S2. The second-order valence-electron chi connectivity index (χ2n) is 6.54. The maximum atomic E-state index is 12.3. The number of carbonyl (C=O) groups is 1. The van der Waals surface area contributed by atoms with E-state index in [1.54, 1.807) is 11.8 Å². The van der Waals surface area contributed by atoms with Crippen molar-refractivity contribution in [3.63, 3.8) is 0 Å². The average Bonchev–Trinajstić information content (AvgIpc) is 2.64. The van der Waals surface area contributed by atoms with Gasteiger partial charge in [0.2, 0.25) is 15.9 Å². The molecule has 0 saturated carbocycles. The quantitative estimate of drug-likeness (QED) is 0.657. The van der Waals surface area contributed by atoms with Gasteiger partial charge in [0, 0.05) is 31.2 Å². The van der Waals surface area contributed by atoms with Gasteiger partial charge in [0.25, 0.3) is 0 Å². The van der Waals surface area contributed by atoms with Crippen LogP contribution in [0.3, 0.4) is 0 Å². The topological polar surface area (TPSA) is 75.7 Å². The van der Waals surface area contributed by atoms with Crippen LogP contribution in [0.4, 0.5) is 5.69 Å². The summed E-state index contributed by atoms with van der Waals surface area (Å²) in [5.41, 5.74) is 2.80. The van der Waals surface area contributed by atoms with Crippen molar-refractivity contribution in [1.29, 1.82) is 0 Å². The van der Waals surface area contributed by atoms with E-state index in [1.807, 2.05) is 6.07 Å². The van der Waals surface area contributed by atoms with E-state index in [0.717, 1.165) is 9.20 Å². The number of aryl methyl sites for hydroxylation is 2. The maximum Gasteiger partial charge on any atom is 0.242 e. The van der Waals surface area contributed by atoms with Crippen LogP contribution in [0.25, 0.3) is 0 Å². The summed E-state index contributed by atoms with van der Waals surface area (Å²) >= 11 is 1.61. The Morgan fingerprint density at radius 2 is 1.82 bits per heavy atom. The molecule has 0 heterocycles. The van der Waals surface area contributed by atoms with E-state index in [1.165, 1.54) is 50.5 Å². The summed E-state index contributed by atoms with van der Waals surface area (Å²) in [5, 5.41) is 2.76. The highest BCUT2D eigenvalue weighted by molar-refractivity contribution is 7.99. The minimum absolute atomic E-state index is 0.0955. The zero-order valence-electron chi connectivity index (χ0n) is 16.8. The molecule has 6 nitrogen and oxygen atoms in total. The molecule has 0 aliphatic carbocycles. The molecule has 8 heteroatoms. The van der Waals surface area contributed by atoms with Crippen molar-refractivity contribution in [2.75, 3.05) is 32.3 Å². The summed E-state index contributed by atoms with van der Waals surface area (Å²) in [7, 11) is 0.795. The SMILES string of the molecule is COc1ccc(S(=O)(=O)N(C)C)cc1NC(=O)CCSc1ccc(C)c(C)c1. The highest BCUT2D eigenvalue weighted by Crippen LogP contribution is 2.29. The summed E-state index contributed by atoms with van der Waals surface area (Å²) in [4.78, 5) is 13.6. The number of rotatable bonds is 8. The van der Waals surface area contributed by atoms with Crippen LogP contribution in [0.1, 0.15) is 17.5 Å². The Labute approximate surface area is 171 Å². The number of hydrogen-bond acceptors (Lipinski definition) is 5. The van der Waals surface area contributed by atoms with Crippen LogP contribution in [-0.2, 0) is 14.8 Å². The molecule has 0 aliphatic heterocycles. The van der Waals surface area contributed by atoms with Gasteiger partial charge in [-0.2, -0.15) is 0 Å². The minimum atomic E-state index is -3.60. The number of carbonyl (C=O) groups excluding carboxylic acids is 1. The van der Waals surface area contributed by atoms with Crippen molar-refractivity contribution < 1.29 is 17.9 Å². The fourth-order valence-corrected chi connectivity index (χ4v) is 4.31. The number of anilines is 1. The molecule has 0 fully saturated rings. The Morgan fingerprint density at radius 1 is 1.11 bits per heavy atom. The van der Waals surface area contributed by atoms with Gasteiger partial charge >= 0.3 is 0 Å². The third kappa shape index (κ3) is 5.50. The molecule has 1 amide bonds. The van der Waals surface area contributed by atoms with Crippen molar-refractivity contribution in [2.45, 2.75) is 30.1 Å². The summed E-state index contributed by atoms with van der Waals surface area (Å²) in [5.74, 6) is 0.827. The molecule has 2 aromatic rings. The Balaban J connectivity index is 2.05. The smallest absolute Gasteiger partial charge is 0.242 e. The zero-order valence-corrected chi connectivity index (χ0v) is 18.4. The van der Waals surface area contributed by atoms with Gasteiger partial charge in [-0.05, 0) is 55.3 Å². The van der Waals surface area contributed by atoms with Gasteiger partial charge in [-0.1, -0.05) is 6.07 Å². The van der Waals surface area contributed by atoms with E-state index in [0.29, 0.717) is 23.6 Å². The van der Waals surface area contributed by atoms with Crippen LogP contribution in [0.2, 0.25) is 0 Å². The molecule has 0 atom stereocenters. The van der Waals surface area contributed by atoms with Crippen molar-refractivity contribution in [1.82, 2.24) is 4.31 Å². The molecule has 0 aliphatic rings. The normalized spacial score (nSPS) is 11.5. The lowest BCUT2D eigenvalue weighted by molar-refractivity contribution is -0.115. The Bertz CT molecular complexity index is 957. The average molecular weight is 423 g/mol. The first-order chi connectivity index (χ1) is 13.1. The van der Waals surface area contributed by atoms with Gasteiger partial charge in [-0.15, -0.1) is 11.8 Å². The Morgan fingerprint density at radius 3 is 2.43 bits per heavy atom. The number of benzene rings is 2. The number of methoxy groups -OCH3 is 1. The van der Waals surface area contributed by atoms with Gasteiger partial charge < -0.3 is 10.1 Å². The summed E-state index contributed by atoms with van der Waals surface area (Å²) in [6.07, 6.45) is 0.297. The van der Waals surface area contributed by atoms with E-state index < -0.39 is 10.0 Å². The number of thioether (sulfide) groups is 1. The molecule has 28 heavy (non-hydrogen) atoms. The molecule has 0 saturated heterocycles. The van der Waals surface area contributed by atoms with Crippen molar-refractivity contribution in [3.8, 4) is 5.75 Å². The Kier molecular flexibility index (Phi) is 7.51. The van der Waals surface area contributed by atoms with E-state index in [2.05, 4.69) is 31.3 Å². The van der Waals surface area contributed by atoms with E-state index in [9.17, 15) is 13.2 Å². The zero-order chi connectivity index (χ0) is 20.9. The van der Waals surface area contributed by atoms with Gasteiger partial charge in [-0.25, -0.2) is 12.7 Å². The highest BCUT2D eigenvalue weighted by atomic mass is 32.2. The van der Waals surface area contributed by atoms with Gasteiger partial charge in [0.1, 0.15) is 5.75 Å². The summed E-state index contributed by atoms with van der Waals surface area (Å²) in [6, 6.07) is 10.6. The van der Waals surface area contributed by atoms with Crippen LogP contribution in [0.5, 0.6) is 5.75 Å². The summed E-state index contributed by atoms with van der Waals surface area (Å²) < 4.78 is 31.0. The second kappa shape index (κ2) is 9.45. The monoisotopic (exact) mass is 422 g/mol. The molecule has 2 rings (SSSR count). The van der Waals surface area contributed by atoms with Gasteiger partial charge in [-0.3, -0.25) is 4.79 Å². The van der Waals surface area contributed by atoms with Crippen molar-refractivity contribution in [3.05, 3.63) is 47.5 Å². The molecular weight excluding hydrogens is 396 g/mol. The van der Waals surface area contributed by atoms with Gasteiger partial charge in [0.05, 0.1) is 17.7 Å². The fraction of sp³-hybridized carbons (Fsp3) is 0.350. The number of nitrogens with one attached hydrogen (secondary N) is 1. The van der Waals surface area contributed by atoms with Gasteiger partial charge in [0.15, 0.2) is 0 Å². The van der Waals surface area contributed by atoms with Crippen LogP contribution >= 0.6 is 11.8 Å². The van der Waals surface area contributed by atoms with Crippen LogP contribution in [0.15, 0.2) is 46.2 Å². The maximum absolute atomic E-state index is 12.3. The number of sulfonamides is 1. The largest absolute Gasteiger partial charge is 0.495 e. The molecule has 0 aromatic heterocycles. The summed E-state index contributed by atoms with van der Waals surface area (Å²) in [6.45, 7) is 4.13. The number of amides is 1. The number of hydrogen-bond donors (Lipinski definition) is 1. The lowest BCUT2D eigenvalue weighted by Gasteiger charge is -2.15. The molecule has 0 spiro atoms. The Hall–Kier alpha value is -2.03. The standard InChI is InChI=1S/C20H26N2O4S2/c1-14-6-7-16(12-15(14)2)27-11-10-20(23)21-18-13-17(8-9-19(18)26-5)28(24,25)22(3)4/h6-9,12-13H,10-11H2,1-5H3,(H,21,23). The minimum Gasteiger partial charge on any atom is -0.495 e. The number of nitrogens with zero attached hydrogens (tertiary/aromatic N) is 1. The highest BCUT2D eigenvalue weighted by Gasteiger charge is 2.19. The first-order valence-electron chi connectivity index (χ1n) is 8.75. The third-order valence-corrected chi connectivity index (χ3v) is 7.11. The fourth-order valence-electron chi connectivity index (χ4n) is 2.43. The molecule has 0 radical (unpaired) electrons. The molecule has 1 N–H and O–H groups in total. The van der Waals surface area contributed by atoms with Crippen molar-refractivity contribution in [2.24, 2.45) is 0 Å². The molecule has 2 aromatic carbocycles. The van der Waals surface area contributed by atoms with Crippen LogP contribution in [-0.4, -0.2) is 45.6 Å². The first kappa shape index (κ1) is 22.3. The van der Waals surface area contributed by atoms with Crippen LogP contribution in [0, 0.1) is 13.8 Å². The predicted molar refractivity (Wildman–Crippen MR) is 114 cm³/mol. The van der Waals surface area contributed by atoms with Crippen molar-refractivity contribution >= 4 is 33.4 Å². The van der Waals surface area contributed by atoms with E-state index in [-0.39, 0.29) is 10.8 Å². The third-order valence-electron chi connectivity index (χ3n) is 4.30. The first-order valence-corrected chi connectivity index (χ1v) is 11.2. The second-order valence-corrected chi connectivity index (χ2v) is 9.86. The molecule has 152 valence electrons. The van der Waals surface area contributed by atoms with Crippen LogP contribution < -0.4 is 10.1 Å². The number of ether oxygens (including phenoxy) is 1. The predicted octanol–water partition coefficient (Wildman–Crippen LogP) is 3.68. The molecule has 0 bridgehead atoms.